The molecule has 7 heteroatoms. The van der Waals surface area contributed by atoms with Crippen molar-refractivity contribution in [2.24, 2.45) is 0 Å². The van der Waals surface area contributed by atoms with Gasteiger partial charge in [0.1, 0.15) is 0 Å². The Labute approximate surface area is 131 Å². The number of hydrogen-bond donors (Lipinski definition) is 1. The Morgan fingerprint density at radius 1 is 1.00 bits per heavy atom. The molecule has 2 amide bonds. The zero-order chi connectivity index (χ0) is 16.4. The van der Waals surface area contributed by atoms with E-state index < -0.39 is 4.92 Å². The molecule has 1 N–H and O–H groups in total. The van der Waals surface area contributed by atoms with Crippen molar-refractivity contribution < 1.29 is 14.5 Å². The van der Waals surface area contributed by atoms with Gasteiger partial charge >= 0.3 is 0 Å². The Bertz CT molecular complexity index is 768. The van der Waals surface area contributed by atoms with Crippen LogP contribution in [0.3, 0.4) is 0 Å². The molecular formula is C16H13N3O4. The van der Waals surface area contributed by atoms with Crippen LogP contribution >= 0.6 is 0 Å². The molecule has 0 saturated heterocycles. The van der Waals surface area contributed by atoms with Crippen LogP contribution < -0.4 is 5.32 Å². The molecule has 0 unspecified atom stereocenters. The molecule has 2 aromatic rings. The van der Waals surface area contributed by atoms with E-state index in [4.69, 9.17) is 0 Å². The molecule has 116 valence electrons. The fraction of sp³-hybridized carbons (Fsp3) is 0.125. The lowest BCUT2D eigenvalue weighted by molar-refractivity contribution is -0.384. The third kappa shape index (κ3) is 2.76. The molecule has 1 aliphatic heterocycles. The number of hydrogen-bond acceptors (Lipinski definition) is 5. The van der Waals surface area contributed by atoms with Crippen LogP contribution in [0.1, 0.15) is 20.7 Å². The van der Waals surface area contributed by atoms with E-state index in [9.17, 15) is 19.7 Å². The molecule has 0 saturated carbocycles. The van der Waals surface area contributed by atoms with Crippen LogP contribution in [-0.2, 0) is 0 Å². The number of carbonyl (C=O) groups is 2. The first-order valence-electron chi connectivity index (χ1n) is 7.01. The number of benzene rings is 2. The summed E-state index contributed by atoms with van der Waals surface area (Å²) >= 11 is 0. The van der Waals surface area contributed by atoms with Crippen LogP contribution in [0.25, 0.3) is 0 Å². The van der Waals surface area contributed by atoms with Crippen LogP contribution in [0.4, 0.5) is 11.4 Å². The number of rotatable bonds is 5. The van der Waals surface area contributed by atoms with Crippen molar-refractivity contribution in [1.82, 2.24) is 4.90 Å². The summed E-state index contributed by atoms with van der Waals surface area (Å²) in [5.74, 6) is -0.627. The van der Waals surface area contributed by atoms with Crippen molar-refractivity contribution in [2.45, 2.75) is 0 Å². The smallest absolute Gasteiger partial charge is 0.271 e. The van der Waals surface area contributed by atoms with Crippen LogP contribution in [0.15, 0.2) is 48.5 Å². The lowest BCUT2D eigenvalue weighted by Crippen LogP contribution is -2.34. The Morgan fingerprint density at radius 3 is 2.26 bits per heavy atom. The number of anilines is 1. The standard InChI is InChI=1S/C16H13N3O4/c20-15-13-6-1-2-7-14(13)16(21)18(15)9-8-17-11-4-3-5-12(10-11)19(22)23/h1-7,10,17H,8-9H2. The molecule has 0 aliphatic carbocycles. The van der Waals surface area contributed by atoms with Gasteiger partial charge in [0, 0.05) is 30.9 Å². The Morgan fingerprint density at radius 2 is 1.65 bits per heavy atom. The largest absolute Gasteiger partial charge is 0.383 e. The first kappa shape index (κ1) is 14.7. The second-order valence-electron chi connectivity index (χ2n) is 5.04. The van der Waals surface area contributed by atoms with Crippen molar-refractivity contribution in [1.29, 1.82) is 0 Å². The predicted octanol–water partition coefficient (Wildman–Crippen LogP) is 2.30. The summed E-state index contributed by atoms with van der Waals surface area (Å²) < 4.78 is 0. The van der Waals surface area contributed by atoms with E-state index in [1.54, 1.807) is 36.4 Å². The van der Waals surface area contributed by atoms with E-state index in [1.807, 2.05) is 0 Å². The molecule has 0 bridgehead atoms. The fourth-order valence-corrected chi connectivity index (χ4v) is 2.48. The van der Waals surface area contributed by atoms with Gasteiger partial charge in [0.25, 0.3) is 17.5 Å². The van der Waals surface area contributed by atoms with Gasteiger partial charge in [-0.2, -0.15) is 0 Å². The molecule has 23 heavy (non-hydrogen) atoms. The van der Waals surface area contributed by atoms with E-state index in [-0.39, 0.29) is 24.0 Å². The number of nitro groups is 1. The Kier molecular flexibility index (Phi) is 3.76. The molecular weight excluding hydrogens is 298 g/mol. The molecule has 3 rings (SSSR count). The van der Waals surface area contributed by atoms with Crippen LogP contribution in [0, 0.1) is 10.1 Å². The number of non-ortho nitro benzene ring substituents is 1. The maximum Gasteiger partial charge on any atom is 0.271 e. The quantitative estimate of drug-likeness (QED) is 0.519. The van der Waals surface area contributed by atoms with Gasteiger partial charge in [-0.3, -0.25) is 24.6 Å². The van der Waals surface area contributed by atoms with Gasteiger partial charge in [0.15, 0.2) is 0 Å². The van der Waals surface area contributed by atoms with Gasteiger partial charge in [-0.1, -0.05) is 18.2 Å². The van der Waals surface area contributed by atoms with Gasteiger partial charge < -0.3 is 5.32 Å². The van der Waals surface area contributed by atoms with E-state index in [0.29, 0.717) is 23.4 Å². The van der Waals surface area contributed by atoms with Crippen molar-refractivity contribution in [3.05, 3.63) is 69.8 Å². The summed E-state index contributed by atoms with van der Waals surface area (Å²) in [6.07, 6.45) is 0. The third-order valence-corrected chi connectivity index (χ3v) is 3.60. The topological polar surface area (TPSA) is 92.6 Å². The summed E-state index contributed by atoms with van der Waals surface area (Å²) in [5.41, 5.74) is 1.37. The lowest BCUT2D eigenvalue weighted by atomic mass is 10.1. The highest BCUT2D eigenvalue weighted by atomic mass is 16.6. The third-order valence-electron chi connectivity index (χ3n) is 3.60. The Balaban J connectivity index is 1.64. The highest BCUT2D eigenvalue weighted by molar-refractivity contribution is 6.21. The Hall–Kier alpha value is -3.22. The SMILES string of the molecule is O=C1c2ccccc2C(=O)N1CCNc1cccc([N+](=O)[O-])c1. The highest BCUT2D eigenvalue weighted by Gasteiger charge is 2.34. The number of fused-ring (bicyclic) bond motifs is 1. The first-order chi connectivity index (χ1) is 11.1. The van der Waals surface area contributed by atoms with Crippen LogP contribution in [0.5, 0.6) is 0 Å². The molecule has 7 nitrogen and oxygen atoms in total. The minimum absolute atomic E-state index is 0.0178. The minimum Gasteiger partial charge on any atom is -0.383 e. The minimum atomic E-state index is -0.477. The number of imide groups is 1. The zero-order valence-corrected chi connectivity index (χ0v) is 12.1. The number of nitrogens with one attached hydrogen (secondary N) is 1. The molecule has 1 heterocycles. The van der Waals surface area contributed by atoms with Crippen LogP contribution in [-0.4, -0.2) is 34.7 Å². The molecule has 2 aromatic carbocycles. The highest BCUT2D eigenvalue weighted by Crippen LogP contribution is 2.22. The molecule has 0 aromatic heterocycles. The zero-order valence-electron chi connectivity index (χ0n) is 12.1. The summed E-state index contributed by atoms with van der Waals surface area (Å²) in [7, 11) is 0. The van der Waals surface area contributed by atoms with E-state index >= 15 is 0 Å². The normalized spacial score (nSPS) is 13.1. The average molecular weight is 311 g/mol. The van der Waals surface area contributed by atoms with E-state index in [0.717, 1.165) is 0 Å². The second kappa shape index (κ2) is 5.88. The van der Waals surface area contributed by atoms with Gasteiger partial charge in [0.2, 0.25) is 0 Å². The lowest BCUT2D eigenvalue weighted by Gasteiger charge is -2.14. The van der Waals surface area contributed by atoms with Crippen molar-refractivity contribution in [3.8, 4) is 0 Å². The first-order valence-corrected chi connectivity index (χ1v) is 7.01. The van der Waals surface area contributed by atoms with Gasteiger partial charge in [-0.05, 0) is 18.2 Å². The average Bonchev–Trinajstić information content (AvgIpc) is 2.80. The number of amides is 2. The molecule has 1 aliphatic rings. The van der Waals surface area contributed by atoms with Crippen molar-refractivity contribution in [2.75, 3.05) is 18.4 Å². The van der Waals surface area contributed by atoms with Gasteiger partial charge in [-0.15, -0.1) is 0 Å². The molecule has 0 fully saturated rings. The summed E-state index contributed by atoms with van der Waals surface area (Å²) in [6.45, 7) is 0.502. The summed E-state index contributed by atoms with van der Waals surface area (Å²) in [6, 6.07) is 12.8. The monoisotopic (exact) mass is 311 g/mol. The van der Waals surface area contributed by atoms with E-state index in [1.165, 1.54) is 17.0 Å². The molecule has 0 spiro atoms. The van der Waals surface area contributed by atoms with Crippen LogP contribution in [0.2, 0.25) is 0 Å². The van der Waals surface area contributed by atoms with Gasteiger partial charge in [-0.25, -0.2) is 0 Å². The van der Waals surface area contributed by atoms with Gasteiger partial charge in [0.05, 0.1) is 16.1 Å². The van der Waals surface area contributed by atoms with Crippen molar-refractivity contribution >= 4 is 23.2 Å². The number of nitro benzene ring substituents is 1. The second-order valence-corrected chi connectivity index (χ2v) is 5.04. The molecule has 0 radical (unpaired) electrons. The van der Waals surface area contributed by atoms with Crippen molar-refractivity contribution in [3.63, 3.8) is 0 Å². The summed E-state index contributed by atoms with van der Waals surface area (Å²) in [5, 5.41) is 13.7. The predicted molar refractivity (Wildman–Crippen MR) is 83.4 cm³/mol. The van der Waals surface area contributed by atoms with E-state index in [2.05, 4.69) is 5.32 Å². The number of carbonyl (C=O) groups excluding carboxylic acids is 2. The molecule has 0 atom stereocenters. The maximum atomic E-state index is 12.2. The fourth-order valence-electron chi connectivity index (χ4n) is 2.48. The summed E-state index contributed by atoms with van der Waals surface area (Å²) in [4.78, 5) is 35.8. The maximum absolute atomic E-state index is 12.2. The number of nitrogens with zero attached hydrogens (tertiary/aromatic N) is 2.